The predicted octanol–water partition coefficient (Wildman–Crippen LogP) is 6.06. The molecule has 0 aliphatic rings. The molecule has 0 bridgehead atoms. The summed E-state index contributed by atoms with van der Waals surface area (Å²) in [6.45, 7) is 7.18. The highest BCUT2D eigenvalue weighted by Crippen LogP contribution is 2.18. The molecule has 1 atom stereocenters. The van der Waals surface area contributed by atoms with Crippen molar-refractivity contribution < 1.29 is 14.3 Å². The van der Waals surface area contributed by atoms with Gasteiger partial charge < -0.3 is 9.47 Å². The van der Waals surface area contributed by atoms with E-state index in [9.17, 15) is 4.79 Å². The maximum atomic E-state index is 12.3. The third kappa shape index (κ3) is 6.55. The van der Waals surface area contributed by atoms with Gasteiger partial charge in [-0.1, -0.05) is 52.2 Å². The zero-order chi connectivity index (χ0) is 18.8. The molecule has 0 saturated heterocycles. The van der Waals surface area contributed by atoms with Crippen LogP contribution in [0, 0.1) is 5.92 Å². The zero-order valence-electron chi connectivity index (χ0n) is 16.2. The highest BCUT2D eigenvalue weighted by atomic mass is 16.5. The minimum absolute atomic E-state index is 0.350. The Morgan fingerprint density at radius 1 is 0.923 bits per heavy atom. The topological polar surface area (TPSA) is 35.5 Å². The number of rotatable bonds is 10. The number of esters is 1. The van der Waals surface area contributed by atoms with Crippen molar-refractivity contribution in [3.63, 3.8) is 0 Å². The molecule has 0 heterocycles. The van der Waals surface area contributed by atoms with Gasteiger partial charge in [-0.15, -0.1) is 0 Å². The highest BCUT2D eigenvalue weighted by Gasteiger charge is 2.09. The van der Waals surface area contributed by atoms with Gasteiger partial charge in [0.2, 0.25) is 0 Å². The van der Waals surface area contributed by atoms with Crippen LogP contribution >= 0.6 is 0 Å². The Balaban J connectivity index is 1.86. The first kappa shape index (κ1) is 20.0. The van der Waals surface area contributed by atoms with Gasteiger partial charge in [0.05, 0.1) is 12.2 Å². The van der Waals surface area contributed by atoms with Crippen molar-refractivity contribution in [3.05, 3.63) is 59.7 Å². The summed E-state index contributed by atoms with van der Waals surface area (Å²) < 4.78 is 11.2. The van der Waals surface area contributed by atoms with E-state index in [0.29, 0.717) is 23.8 Å². The van der Waals surface area contributed by atoms with Crippen molar-refractivity contribution >= 4 is 5.97 Å². The van der Waals surface area contributed by atoms with Gasteiger partial charge in [0.15, 0.2) is 0 Å². The fraction of sp³-hybridized carbons (Fsp3) is 0.435. The summed E-state index contributed by atoms with van der Waals surface area (Å²) in [5, 5.41) is 0. The average molecular weight is 354 g/mol. The molecule has 0 fully saturated rings. The lowest BCUT2D eigenvalue weighted by molar-refractivity contribution is 0.0734. The molecule has 0 N–H and O–H groups in total. The fourth-order valence-corrected chi connectivity index (χ4v) is 2.51. The van der Waals surface area contributed by atoms with Crippen LogP contribution in [-0.4, -0.2) is 12.6 Å². The Morgan fingerprint density at radius 3 is 2.19 bits per heavy atom. The second kappa shape index (κ2) is 10.6. The largest absolute Gasteiger partial charge is 0.493 e. The van der Waals surface area contributed by atoms with Crippen molar-refractivity contribution in [3.8, 4) is 11.5 Å². The van der Waals surface area contributed by atoms with E-state index in [0.717, 1.165) is 18.6 Å². The number of ether oxygens (including phenoxy) is 2. The third-order valence-electron chi connectivity index (χ3n) is 4.52. The molecule has 0 aliphatic heterocycles. The van der Waals surface area contributed by atoms with Gasteiger partial charge in [-0.2, -0.15) is 0 Å². The van der Waals surface area contributed by atoms with Gasteiger partial charge in [0.1, 0.15) is 11.5 Å². The monoisotopic (exact) mass is 354 g/mol. The first-order valence-electron chi connectivity index (χ1n) is 9.66. The van der Waals surface area contributed by atoms with Gasteiger partial charge in [-0.05, 0) is 60.7 Å². The number of hydrogen-bond donors (Lipinski definition) is 0. The van der Waals surface area contributed by atoms with E-state index in [1.807, 2.05) is 36.4 Å². The number of aryl methyl sites for hydroxylation is 1. The van der Waals surface area contributed by atoms with Crippen LogP contribution in [0.5, 0.6) is 11.5 Å². The van der Waals surface area contributed by atoms with Crippen LogP contribution < -0.4 is 9.47 Å². The number of carbonyl (C=O) groups is 1. The molecule has 3 heteroatoms. The van der Waals surface area contributed by atoms with Crippen LogP contribution in [0.15, 0.2) is 48.5 Å². The van der Waals surface area contributed by atoms with Crippen LogP contribution in [0.2, 0.25) is 0 Å². The van der Waals surface area contributed by atoms with E-state index in [-0.39, 0.29) is 5.97 Å². The van der Waals surface area contributed by atoms with E-state index in [1.165, 1.54) is 24.8 Å². The van der Waals surface area contributed by atoms with E-state index in [4.69, 9.17) is 9.47 Å². The van der Waals surface area contributed by atoms with Crippen LogP contribution in [0.4, 0.5) is 0 Å². The summed E-state index contributed by atoms with van der Waals surface area (Å²) in [4.78, 5) is 12.3. The lowest BCUT2D eigenvalue weighted by Crippen LogP contribution is -2.09. The molecule has 3 nitrogen and oxygen atoms in total. The Hall–Kier alpha value is -2.29. The number of carbonyl (C=O) groups excluding carboxylic acids is 1. The van der Waals surface area contributed by atoms with Crippen molar-refractivity contribution in [1.82, 2.24) is 0 Å². The van der Waals surface area contributed by atoms with Crippen LogP contribution in [0.25, 0.3) is 0 Å². The molecule has 0 radical (unpaired) electrons. The minimum atomic E-state index is -0.350. The molecule has 0 amide bonds. The van der Waals surface area contributed by atoms with E-state index >= 15 is 0 Å². The second-order valence-corrected chi connectivity index (χ2v) is 6.84. The second-order valence-electron chi connectivity index (χ2n) is 6.84. The predicted molar refractivity (Wildman–Crippen MR) is 106 cm³/mol. The van der Waals surface area contributed by atoms with E-state index in [2.05, 4.69) is 20.8 Å². The molecule has 0 saturated carbocycles. The first-order chi connectivity index (χ1) is 12.6. The summed E-state index contributed by atoms with van der Waals surface area (Å²) in [6.07, 6.45) is 5.81. The maximum Gasteiger partial charge on any atom is 0.343 e. The summed E-state index contributed by atoms with van der Waals surface area (Å²) in [5.41, 5.74) is 1.80. The summed E-state index contributed by atoms with van der Waals surface area (Å²) in [6, 6.07) is 14.9. The molecular weight excluding hydrogens is 324 g/mol. The Bertz CT molecular complexity index is 659. The smallest absolute Gasteiger partial charge is 0.343 e. The Labute approximate surface area is 157 Å². The summed E-state index contributed by atoms with van der Waals surface area (Å²) >= 11 is 0. The molecule has 1 unspecified atom stereocenters. The average Bonchev–Trinajstić information content (AvgIpc) is 2.68. The van der Waals surface area contributed by atoms with Crippen LogP contribution in [0.1, 0.15) is 62.4 Å². The first-order valence-corrected chi connectivity index (χ1v) is 9.66. The van der Waals surface area contributed by atoms with Gasteiger partial charge in [-0.3, -0.25) is 0 Å². The molecule has 2 aromatic rings. The minimum Gasteiger partial charge on any atom is -0.493 e. The molecule has 2 rings (SSSR count). The zero-order valence-corrected chi connectivity index (χ0v) is 16.2. The molecule has 0 aliphatic carbocycles. The van der Waals surface area contributed by atoms with E-state index < -0.39 is 0 Å². The number of benzene rings is 2. The lowest BCUT2D eigenvalue weighted by atomic mass is 10.1. The van der Waals surface area contributed by atoms with Gasteiger partial charge in [-0.25, -0.2) is 4.79 Å². The molecule has 0 aromatic heterocycles. The van der Waals surface area contributed by atoms with E-state index in [1.54, 1.807) is 12.1 Å². The van der Waals surface area contributed by atoms with Gasteiger partial charge in [0.25, 0.3) is 0 Å². The van der Waals surface area contributed by atoms with Crippen LogP contribution in [0.3, 0.4) is 0 Å². The highest BCUT2D eigenvalue weighted by molar-refractivity contribution is 5.91. The number of unbranched alkanes of at least 4 members (excludes halogenated alkanes) is 2. The summed E-state index contributed by atoms with van der Waals surface area (Å²) in [5.74, 6) is 1.52. The van der Waals surface area contributed by atoms with Crippen LogP contribution in [-0.2, 0) is 6.42 Å². The van der Waals surface area contributed by atoms with Gasteiger partial charge in [0, 0.05) is 0 Å². The SMILES string of the molecule is CCCCCc1ccc(OC(=O)c2ccc(OCC(C)CC)cc2)cc1. The quantitative estimate of drug-likeness (QED) is 0.295. The lowest BCUT2D eigenvalue weighted by Gasteiger charge is -2.11. The van der Waals surface area contributed by atoms with Crippen molar-refractivity contribution in [2.24, 2.45) is 5.92 Å². The van der Waals surface area contributed by atoms with Crippen molar-refractivity contribution in [2.45, 2.75) is 52.9 Å². The Morgan fingerprint density at radius 2 is 1.58 bits per heavy atom. The molecular formula is C23H30O3. The molecule has 0 spiro atoms. The third-order valence-corrected chi connectivity index (χ3v) is 4.52. The number of hydrogen-bond acceptors (Lipinski definition) is 3. The van der Waals surface area contributed by atoms with Crippen molar-refractivity contribution in [1.29, 1.82) is 0 Å². The summed E-state index contributed by atoms with van der Waals surface area (Å²) in [7, 11) is 0. The fourth-order valence-electron chi connectivity index (χ4n) is 2.51. The molecule has 2 aromatic carbocycles. The Kier molecular flexibility index (Phi) is 8.20. The standard InChI is InChI=1S/C23H30O3/c1-4-6-7-8-19-9-13-22(14-10-19)26-23(24)20-11-15-21(16-12-20)25-17-18(3)5-2/h9-16,18H,4-8,17H2,1-3H3. The van der Waals surface area contributed by atoms with Crippen molar-refractivity contribution in [2.75, 3.05) is 6.61 Å². The maximum absolute atomic E-state index is 12.3. The van der Waals surface area contributed by atoms with Gasteiger partial charge >= 0.3 is 5.97 Å². The normalized spacial score (nSPS) is 11.8. The molecule has 140 valence electrons. The molecule has 26 heavy (non-hydrogen) atoms.